The van der Waals surface area contributed by atoms with Gasteiger partial charge in [0.15, 0.2) is 0 Å². The summed E-state index contributed by atoms with van der Waals surface area (Å²) in [5.41, 5.74) is 0.934. The summed E-state index contributed by atoms with van der Waals surface area (Å²) in [7, 11) is 0. The van der Waals surface area contributed by atoms with Gasteiger partial charge >= 0.3 is 6.18 Å². The molecule has 1 aliphatic heterocycles. The molecule has 0 atom stereocenters. The molecule has 2 rings (SSSR count). The number of amides is 1. The molecule has 0 saturated heterocycles. The highest BCUT2D eigenvalue weighted by molar-refractivity contribution is 7.80. The lowest BCUT2D eigenvalue weighted by molar-refractivity contribution is -0.140. The van der Waals surface area contributed by atoms with Gasteiger partial charge < -0.3 is 4.90 Å². The fourth-order valence-electron chi connectivity index (χ4n) is 1.71. The van der Waals surface area contributed by atoms with Crippen LogP contribution in [0.4, 0.5) is 13.2 Å². The van der Waals surface area contributed by atoms with Gasteiger partial charge in [-0.15, -0.1) is 12.6 Å². The van der Waals surface area contributed by atoms with Crippen LogP contribution in [0.15, 0.2) is 23.1 Å². The third-order valence-corrected chi connectivity index (χ3v) is 2.62. The van der Waals surface area contributed by atoms with Crippen molar-refractivity contribution in [3.63, 3.8) is 0 Å². The van der Waals surface area contributed by atoms with E-state index in [1.54, 1.807) is 12.1 Å². The van der Waals surface area contributed by atoms with Crippen molar-refractivity contribution in [2.75, 3.05) is 6.54 Å². The van der Waals surface area contributed by atoms with E-state index in [0.29, 0.717) is 16.0 Å². The van der Waals surface area contributed by atoms with Crippen molar-refractivity contribution in [1.29, 1.82) is 0 Å². The van der Waals surface area contributed by atoms with Gasteiger partial charge in [-0.2, -0.15) is 13.2 Å². The maximum absolute atomic E-state index is 12.2. The van der Waals surface area contributed by atoms with Gasteiger partial charge in [-0.05, 0) is 23.8 Å². The molecule has 0 N–H and O–H groups in total. The SMILES string of the molecule is O=C1c2ccc(S)cc2CN1CC(F)(F)F. The van der Waals surface area contributed by atoms with Gasteiger partial charge in [-0.1, -0.05) is 0 Å². The Kier molecular flexibility index (Phi) is 2.61. The van der Waals surface area contributed by atoms with Crippen molar-refractivity contribution in [2.24, 2.45) is 0 Å². The summed E-state index contributed by atoms with van der Waals surface area (Å²) in [5, 5.41) is 0. The molecule has 0 bridgehead atoms. The van der Waals surface area contributed by atoms with Gasteiger partial charge in [0, 0.05) is 17.0 Å². The van der Waals surface area contributed by atoms with E-state index in [9.17, 15) is 18.0 Å². The largest absolute Gasteiger partial charge is 0.406 e. The van der Waals surface area contributed by atoms with Crippen LogP contribution >= 0.6 is 12.6 Å². The first-order chi connectivity index (χ1) is 7.37. The molecular weight excluding hydrogens is 239 g/mol. The van der Waals surface area contributed by atoms with Gasteiger partial charge in [0.2, 0.25) is 0 Å². The van der Waals surface area contributed by atoms with E-state index in [-0.39, 0.29) is 6.54 Å². The van der Waals surface area contributed by atoms with Crippen molar-refractivity contribution >= 4 is 18.5 Å². The number of alkyl halides is 3. The van der Waals surface area contributed by atoms with E-state index >= 15 is 0 Å². The summed E-state index contributed by atoms with van der Waals surface area (Å²) < 4.78 is 36.5. The van der Waals surface area contributed by atoms with Crippen LogP contribution in [-0.4, -0.2) is 23.5 Å². The summed E-state index contributed by atoms with van der Waals surface area (Å²) in [5.74, 6) is -0.569. The highest BCUT2D eigenvalue weighted by atomic mass is 32.1. The molecule has 0 saturated carbocycles. The first-order valence-corrected chi connectivity index (χ1v) is 4.99. The molecule has 86 valence electrons. The Morgan fingerprint density at radius 2 is 2.06 bits per heavy atom. The van der Waals surface area contributed by atoms with Gasteiger partial charge in [0.05, 0.1) is 0 Å². The molecule has 0 spiro atoms. The number of fused-ring (bicyclic) bond motifs is 1. The minimum absolute atomic E-state index is 0.00206. The van der Waals surface area contributed by atoms with Gasteiger partial charge in [-0.3, -0.25) is 4.79 Å². The maximum atomic E-state index is 12.2. The molecule has 0 aliphatic carbocycles. The number of rotatable bonds is 1. The van der Waals surface area contributed by atoms with Gasteiger partial charge in [-0.25, -0.2) is 0 Å². The molecule has 0 aromatic heterocycles. The van der Waals surface area contributed by atoms with E-state index in [1.807, 2.05) is 0 Å². The van der Waals surface area contributed by atoms with E-state index in [4.69, 9.17) is 0 Å². The van der Waals surface area contributed by atoms with Crippen LogP contribution in [0.3, 0.4) is 0 Å². The topological polar surface area (TPSA) is 20.3 Å². The second-order valence-electron chi connectivity index (χ2n) is 3.62. The van der Waals surface area contributed by atoms with E-state index in [2.05, 4.69) is 12.6 Å². The first-order valence-electron chi connectivity index (χ1n) is 4.55. The average Bonchev–Trinajstić information content (AvgIpc) is 2.40. The van der Waals surface area contributed by atoms with Crippen molar-refractivity contribution in [3.05, 3.63) is 29.3 Å². The third-order valence-electron chi connectivity index (χ3n) is 2.34. The molecule has 0 unspecified atom stereocenters. The Balaban J connectivity index is 2.24. The number of halogens is 3. The molecular formula is C10H8F3NOS. The van der Waals surface area contributed by atoms with E-state index in [1.165, 1.54) is 6.07 Å². The quantitative estimate of drug-likeness (QED) is 0.756. The Morgan fingerprint density at radius 1 is 1.38 bits per heavy atom. The summed E-state index contributed by atoms with van der Waals surface area (Å²) in [6.07, 6.45) is -4.36. The van der Waals surface area contributed by atoms with Crippen LogP contribution < -0.4 is 0 Å². The predicted octanol–water partition coefficient (Wildman–Crippen LogP) is 2.49. The van der Waals surface area contributed by atoms with E-state index < -0.39 is 18.6 Å². The lowest BCUT2D eigenvalue weighted by Gasteiger charge is -2.17. The molecule has 0 radical (unpaired) electrons. The highest BCUT2D eigenvalue weighted by Crippen LogP contribution is 2.28. The number of carbonyl (C=O) groups is 1. The Hall–Kier alpha value is -1.17. The van der Waals surface area contributed by atoms with E-state index in [0.717, 1.165) is 4.90 Å². The second-order valence-corrected chi connectivity index (χ2v) is 4.13. The van der Waals surface area contributed by atoms with Crippen LogP contribution in [-0.2, 0) is 6.54 Å². The molecule has 2 nitrogen and oxygen atoms in total. The smallest absolute Gasteiger partial charge is 0.325 e. The monoisotopic (exact) mass is 247 g/mol. The third kappa shape index (κ3) is 2.16. The molecule has 1 heterocycles. The lowest BCUT2D eigenvalue weighted by atomic mass is 10.1. The van der Waals surface area contributed by atoms with Crippen molar-refractivity contribution < 1.29 is 18.0 Å². The molecule has 1 aromatic carbocycles. The van der Waals surface area contributed by atoms with Crippen molar-refractivity contribution in [2.45, 2.75) is 17.6 Å². The Morgan fingerprint density at radius 3 is 2.69 bits per heavy atom. The zero-order chi connectivity index (χ0) is 11.9. The molecule has 1 aromatic rings. The van der Waals surface area contributed by atoms with Crippen LogP contribution in [0.5, 0.6) is 0 Å². The van der Waals surface area contributed by atoms with Gasteiger partial charge in [0.25, 0.3) is 5.91 Å². The maximum Gasteiger partial charge on any atom is 0.406 e. The zero-order valence-electron chi connectivity index (χ0n) is 8.08. The number of benzene rings is 1. The predicted molar refractivity (Wildman–Crippen MR) is 54.5 cm³/mol. The fraction of sp³-hybridized carbons (Fsp3) is 0.300. The number of thiol groups is 1. The van der Waals surface area contributed by atoms with Crippen LogP contribution in [0.1, 0.15) is 15.9 Å². The Bertz CT molecular complexity index is 444. The standard InChI is InChI=1S/C10H8F3NOS/c11-10(12,13)5-14-4-6-3-7(16)1-2-8(6)9(14)15/h1-3,16H,4-5H2. The first kappa shape index (κ1) is 11.3. The summed E-state index contributed by atoms with van der Waals surface area (Å²) in [6.45, 7) is -1.20. The molecule has 1 aliphatic rings. The summed E-state index contributed by atoms with van der Waals surface area (Å²) in [6, 6.07) is 4.72. The van der Waals surface area contributed by atoms with Crippen molar-refractivity contribution in [3.8, 4) is 0 Å². The number of hydrogen-bond donors (Lipinski definition) is 1. The van der Waals surface area contributed by atoms with Crippen LogP contribution in [0.2, 0.25) is 0 Å². The second kappa shape index (κ2) is 3.69. The molecule has 6 heteroatoms. The van der Waals surface area contributed by atoms with Crippen LogP contribution in [0, 0.1) is 0 Å². The average molecular weight is 247 g/mol. The molecule has 1 amide bonds. The van der Waals surface area contributed by atoms with Crippen LogP contribution in [0.25, 0.3) is 0 Å². The minimum Gasteiger partial charge on any atom is -0.325 e. The summed E-state index contributed by atoms with van der Waals surface area (Å²) >= 11 is 4.08. The molecule has 16 heavy (non-hydrogen) atoms. The number of carbonyl (C=O) groups excluding carboxylic acids is 1. The fourth-order valence-corrected chi connectivity index (χ4v) is 1.94. The normalized spacial score (nSPS) is 15.5. The van der Waals surface area contributed by atoms with Gasteiger partial charge in [0.1, 0.15) is 6.54 Å². The lowest BCUT2D eigenvalue weighted by Crippen LogP contribution is -2.34. The number of hydrogen-bond acceptors (Lipinski definition) is 2. The van der Waals surface area contributed by atoms with Crippen molar-refractivity contribution in [1.82, 2.24) is 4.90 Å². The highest BCUT2D eigenvalue weighted by Gasteiger charge is 2.37. The zero-order valence-corrected chi connectivity index (χ0v) is 8.98. The minimum atomic E-state index is -4.36. The number of nitrogens with zero attached hydrogens (tertiary/aromatic N) is 1. The summed E-state index contributed by atoms with van der Waals surface area (Å²) in [4.78, 5) is 13.0. The molecule has 0 fully saturated rings. The Labute approximate surface area is 95.5 Å².